The lowest BCUT2D eigenvalue weighted by Gasteiger charge is -2.41. The lowest BCUT2D eigenvalue weighted by Crippen LogP contribution is -2.52. The molecule has 0 aliphatic carbocycles. The molecule has 5 rings (SSSR count). The Labute approximate surface area is 320 Å². The Balaban J connectivity index is 1.37. The first kappa shape index (κ1) is 40.9. The Hall–Kier alpha value is -4.23. The van der Waals surface area contributed by atoms with E-state index in [1.54, 1.807) is 35.5 Å². The standard InChI is InChI=1S/C42H58N2O10/c1-7-33(31-27-38(49-4)40(51-6)39(28-31)50-5)41(45)44-18-9-8-13-34(44)42(46)54-35(16-14-29-15-17-36(47-2)37(25-29)48-3)30-11-10-12-32(26-30)53-24-21-43-19-22-52-23-20-43/h10-12,15,17,25-28,33-35,41,45H,7-9,13-14,16,18-24H2,1-6H3/t33-,34-,35+,41?/m0/s1. The number of aryl methyl sites for hydroxylation is 1. The van der Waals surface area contributed by atoms with Gasteiger partial charge in [-0.25, -0.2) is 0 Å². The molecule has 2 aliphatic rings. The van der Waals surface area contributed by atoms with Gasteiger partial charge in [-0.3, -0.25) is 14.6 Å². The molecule has 2 saturated heterocycles. The summed E-state index contributed by atoms with van der Waals surface area (Å²) in [7, 11) is 7.94. The SMILES string of the molecule is CC[C@@H](c1cc(OC)c(OC)c(OC)c1)C(O)N1CCCC[C@H]1C(=O)O[C@H](CCc1ccc(OC)c(OC)c1)c1cccc(OCCN2CCOCC2)c1. The molecule has 1 unspecified atom stereocenters. The van der Waals surface area contributed by atoms with Crippen molar-refractivity contribution >= 4 is 5.97 Å². The van der Waals surface area contributed by atoms with E-state index < -0.39 is 18.4 Å². The maximum absolute atomic E-state index is 14.3. The van der Waals surface area contributed by atoms with Crippen LogP contribution in [-0.2, 0) is 20.7 Å². The van der Waals surface area contributed by atoms with Crippen molar-refractivity contribution in [2.24, 2.45) is 0 Å². The predicted molar refractivity (Wildman–Crippen MR) is 205 cm³/mol. The Kier molecular flexibility index (Phi) is 15.5. The molecule has 0 saturated carbocycles. The van der Waals surface area contributed by atoms with Crippen LogP contribution in [0.3, 0.4) is 0 Å². The molecule has 3 aromatic carbocycles. The summed E-state index contributed by atoms with van der Waals surface area (Å²) in [5.74, 6) is 2.83. The van der Waals surface area contributed by atoms with Crippen LogP contribution in [-0.4, -0.2) is 115 Å². The summed E-state index contributed by atoms with van der Waals surface area (Å²) in [5.41, 5.74) is 2.70. The minimum absolute atomic E-state index is 0.334. The van der Waals surface area contributed by atoms with Crippen molar-refractivity contribution in [1.29, 1.82) is 0 Å². The summed E-state index contributed by atoms with van der Waals surface area (Å²) in [6.07, 6.45) is 2.54. The maximum atomic E-state index is 14.3. The number of hydrogen-bond donors (Lipinski definition) is 1. The molecular formula is C42H58N2O10. The first-order valence-electron chi connectivity index (χ1n) is 19.0. The van der Waals surface area contributed by atoms with Crippen molar-refractivity contribution in [2.75, 3.05) is 81.5 Å². The summed E-state index contributed by atoms with van der Waals surface area (Å²) in [5, 5.41) is 12.0. The molecule has 54 heavy (non-hydrogen) atoms. The maximum Gasteiger partial charge on any atom is 0.324 e. The second kappa shape index (κ2) is 20.5. The average molecular weight is 751 g/mol. The number of aliphatic hydroxyl groups excluding tert-OH is 1. The van der Waals surface area contributed by atoms with Gasteiger partial charge in [0.25, 0.3) is 0 Å². The van der Waals surface area contributed by atoms with Crippen molar-refractivity contribution < 1.29 is 47.8 Å². The largest absolute Gasteiger partial charge is 0.493 e. The number of benzene rings is 3. The first-order chi connectivity index (χ1) is 26.3. The Morgan fingerprint density at radius 2 is 1.56 bits per heavy atom. The molecule has 0 spiro atoms. The Bertz CT molecular complexity index is 1610. The van der Waals surface area contributed by atoms with E-state index in [-0.39, 0.29) is 11.9 Å². The molecule has 1 N–H and O–H groups in total. The van der Waals surface area contributed by atoms with Gasteiger partial charge in [-0.1, -0.05) is 31.5 Å². The molecule has 2 fully saturated rings. The van der Waals surface area contributed by atoms with Crippen molar-refractivity contribution in [3.63, 3.8) is 0 Å². The molecule has 0 bridgehead atoms. The number of nitrogens with zero attached hydrogens (tertiary/aromatic N) is 2. The summed E-state index contributed by atoms with van der Waals surface area (Å²) in [4.78, 5) is 18.6. The molecular weight excluding hydrogens is 692 g/mol. The van der Waals surface area contributed by atoms with Gasteiger partial charge in [0, 0.05) is 32.1 Å². The lowest BCUT2D eigenvalue weighted by molar-refractivity contribution is -0.165. The topological polar surface area (TPSA) is 118 Å². The minimum atomic E-state index is -0.955. The van der Waals surface area contributed by atoms with Crippen LogP contribution in [0.15, 0.2) is 54.6 Å². The molecule has 296 valence electrons. The van der Waals surface area contributed by atoms with Crippen LogP contribution in [0.2, 0.25) is 0 Å². The highest BCUT2D eigenvalue weighted by Crippen LogP contribution is 2.42. The number of carbonyl (C=O) groups is 1. The lowest BCUT2D eigenvalue weighted by atomic mass is 9.90. The van der Waals surface area contributed by atoms with Gasteiger partial charge in [0.05, 0.1) is 48.8 Å². The summed E-state index contributed by atoms with van der Waals surface area (Å²) in [6.45, 7) is 7.19. The zero-order valence-electron chi connectivity index (χ0n) is 32.7. The average Bonchev–Trinajstić information content (AvgIpc) is 3.22. The number of hydrogen-bond acceptors (Lipinski definition) is 12. The molecule has 4 atom stereocenters. The van der Waals surface area contributed by atoms with Gasteiger partial charge < -0.3 is 43.0 Å². The number of aliphatic hydroxyl groups is 1. The molecule has 3 aromatic rings. The van der Waals surface area contributed by atoms with Crippen LogP contribution in [0.4, 0.5) is 0 Å². The molecule has 0 amide bonds. The van der Waals surface area contributed by atoms with Crippen molar-refractivity contribution in [1.82, 2.24) is 9.80 Å². The van der Waals surface area contributed by atoms with E-state index in [1.165, 1.54) is 0 Å². The van der Waals surface area contributed by atoms with Gasteiger partial charge in [0.15, 0.2) is 23.0 Å². The van der Waals surface area contributed by atoms with Crippen molar-refractivity contribution in [3.8, 4) is 34.5 Å². The smallest absolute Gasteiger partial charge is 0.324 e. The highest BCUT2D eigenvalue weighted by molar-refractivity contribution is 5.76. The van der Waals surface area contributed by atoms with Crippen LogP contribution in [0.5, 0.6) is 34.5 Å². The van der Waals surface area contributed by atoms with Gasteiger partial charge >= 0.3 is 5.97 Å². The number of rotatable bonds is 19. The monoisotopic (exact) mass is 750 g/mol. The van der Waals surface area contributed by atoms with Crippen molar-refractivity contribution in [3.05, 3.63) is 71.3 Å². The van der Waals surface area contributed by atoms with E-state index in [2.05, 4.69) is 4.90 Å². The number of esters is 1. The van der Waals surface area contributed by atoms with E-state index in [9.17, 15) is 9.90 Å². The highest BCUT2D eigenvalue weighted by atomic mass is 16.5. The first-order valence-corrected chi connectivity index (χ1v) is 19.0. The third kappa shape index (κ3) is 10.3. The Morgan fingerprint density at radius 1 is 0.833 bits per heavy atom. The van der Waals surface area contributed by atoms with Gasteiger partial charge in [0.1, 0.15) is 30.7 Å². The quantitative estimate of drug-likeness (QED) is 0.144. The zero-order valence-corrected chi connectivity index (χ0v) is 32.7. The van der Waals surface area contributed by atoms with Gasteiger partial charge in [-0.15, -0.1) is 0 Å². The van der Waals surface area contributed by atoms with Gasteiger partial charge in [0.2, 0.25) is 5.75 Å². The Morgan fingerprint density at radius 3 is 2.22 bits per heavy atom. The second-order valence-corrected chi connectivity index (χ2v) is 13.7. The summed E-state index contributed by atoms with van der Waals surface area (Å²) < 4.78 is 45.9. The van der Waals surface area contributed by atoms with Crippen molar-refractivity contribution in [2.45, 2.75) is 69.7 Å². The highest BCUT2D eigenvalue weighted by Gasteiger charge is 2.39. The fourth-order valence-corrected chi connectivity index (χ4v) is 7.46. The summed E-state index contributed by atoms with van der Waals surface area (Å²) >= 11 is 0. The third-order valence-corrected chi connectivity index (χ3v) is 10.5. The third-order valence-electron chi connectivity index (χ3n) is 10.5. The predicted octanol–water partition coefficient (Wildman–Crippen LogP) is 6.02. The van der Waals surface area contributed by atoms with Crippen LogP contribution >= 0.6 is 0 Å². The number of methoxy groups -OCH3 is 5. The minimum Gasteiger partial charge on any atom is -0.493 e. The van der Waals surface area contributed by atoms with E-state index >= 15 is 0 Å². The van der Waals surface area contributed by atoms with Crippen LogP contribution in [0.25, 0.3) is 0 Å². The van der Waals surface area contributed by atoms with Crippen LogP contribution in [0.1, 0.15) is 67.7 Å². The number of piperidine rings is 1. The van der Waals surface area contributed by atoms with Crippen LogP contribution in [0, 0.1) is 0 Å². The molecule has 0 radical (unpaired) electrons. The fourth-order valence-electron chi connectivity index (χ4n) is 7.46. The molecule has 2 aliphatic heterocycles. The van der Waals surface area contributed by atoms with E-state index in [4.69, 9.17) is 37.9 Å². The van der Waals surface area contributed by atoms with Crippen LogP contribution < -0.4 is 28.4 Å². The molecule has 12 nitrogen and oxygen atoms in total. The van der Waals surface area contributed by atoms with E-state index in [1.807, 2.05) is 66.4 Å². The van der Waals surface area contributed by atoms with E-state index in [0.29, 0.717) is 67.6 Å². The molecule has 12 heteroatoms. The number of carbonyl (C=O) groups excluding carboxylic acids is 1. The summed E-state index contributed by atoms with van der Waals surface area (Å²) in [6, 6.07) is 16.8. The van der Waals surface area contributed by atoms with E-state index in [0.717, 1.165) is 68.1 Å². The number of ether oxygens (including phenoxy) is 8. The van der Waals surface area contributed by atoms with Gasteiger partial charge in [-0.05, 0) is 85.2 Å². The zero-order chi connectivity index (χ0) is 38.5. The second-order valence-electron chi connectivity index (χ2n) is 13.7. The number of morpholine rings is 1. The normalized spacial score (nSPS) is 18.2. The molecule has 0 aromatic heterocycles. The van der Waals surface area contributed by atoms with Gasteiger partial charge in [-0.2, -0.15) is 0 Å². The fraction of sp³-hybridized carbons (Fsp3) is 0.548. The molecule has 2 heterocycles. The number of likely N-dealkylation sites (tertiary alicyclic amines) is 1.